The van der Waals surface area contributed by atoms with Gasteiger partial charge < -0.3 is 10.8 Å². The van der Waals surface area contributed by atoms with Gasteiger partial charge in [0.2, 0.25) is 10.0 Å². The first-order chi connectivity index (χ1) is 11.9. The van der Waals surface area contributed by atoms with Crippen LogP contribution in [0, 0.1) is 0 Å². The second kappa shape index (κ2) is 14.5. The summed E-state index contributed by atoms with van der Waals surface area (Å²) in [4.78, 5) is 11.4. The molecule has 0 aromatic rings. The lowest BCUT2D eigenvalue weighted by Crippen LogP contribution is -2.45. The summed E-state index contributed by atoms with van der Waals surface area (Å²) in [7, 11) is -3.63. The fourth-order valence-corrected chi connectivity index (χ4v) is 4.64. The van der Waals surface area contributed by atoms with Crippen LogP contribution in [0.4, 0.5) is 0 Å². The van der Waals surface area contributed by atoms with E-state index in [0.717, 1.165) is 38.5 Å². The SMILES string of the molecule is CCCCCCCC(CCCC)S(=O)(=O)NC(CCCCN)C(=O)O. The molecular weight excluding hydrogens is 340 g/mol. The predicted octanol–water partition coefficient (Wildman–Crippen LogP) is 3.41. The molecule has 4 N–H and O–H groups in total. The monoisotopic (exact) mass is 378 g/mol. The van der Waals surface area contributed by atoms with Crippen LogP contribution in [-0.4, -0.2) is 37.3 Å². The van der Waals surface area contributed by atoms with Crippen LogP contribution in [0.3, 0.4) is 0 Å². The van der Waals surface area contributed by atoms with Gasteiger partial charge in [0.25, 0.3) is 0 Å². The minimum absolute atomic E-state index is 0.281. The Bertz CT molecular complexity index is 440. The standard InChI is InChI=1S/C18H38N2O4S/c1-3-5-7-8-9-13-16(12-6-4-2)25(23,24)20-17(18(21)22)14-10-11-15-19/h16-17,20H,3-15,19H2,1-2H3,(H,21,22). The number of hydrogen-bond donors (Lipinski definition) is 3. The zero-order valence-electron chi connectivity index (χ0n) is 16.0. The van der Waals surface area contributed by atoms with E-state index < -0.39 is 27.3 Å². The van der Waals surface area contributed by atoms with Crippen molar-refractivity contribution in [1.82, 2.24) is 4.72 Å². The van der Waals surface area contributed by atoms with E-state index in [1.54, 1.807) is 0 Å². The molecule has 6 nitrogen and oxygen atoms in total. The van der Waals surface area contributed by atoms with Crippen LogP contribution in [0.15, 0.2) is 0 Å². The minimum Gasteiger partial charge on any atom is -0.480 e. The quantitative estimate of drug-likeness (QED) is 0.336. The van der Waals surface area contributed by atoms with Gasteiger partial charge in [0.1, 0.15) is 6.04 Å². The van der Waals surface area contributed by atoms with Gasteiger partial charge in [-0.25, -0.2) is 13.1 Å². The molecule has 0 spiro atoms. The molecule has 0 saturated carbocycles. The molecule has 25 heavy (non-hydrogen) atoms. The highest BCUT2D eigenvalue weighted by molar-refractivity contribution is 7.90. The second-order valence-corrected chi connectivity index (χ2v) is 8.80. The summed E-state index contributed by atoms with van der Waals surface area (Å²) < 4.78 is 27.9. The summed E-state index contributed by atoms with van der Waals surface area (Å²) in [5, 5.41) is 8.81. The Morgan fingerprint density at radius 3 is 2.04 bits per heavy atom. The van der Waals surface area contributed by atoms with E-state index in [9.17, 15) is 18.3 Å². The number of carboxylic acids is 1. The number of carbonyl (C=O) groups is 1. The van der Waals surface area contributed by atoms with Crippen molar-refractivity contribution in [1.29, 1.82) is 0 Å². The Kier molecular flexibility index (Phi) is 14.1. The largest absolute Gasteiger partial charge is 0.480 e. The van der Waals surface area contributed by atoms with Gasteiger partial charge in [0, 0.05) is 0 Å². The van der Waals surface area contributed by atoms with E-state index in [2.05, 4.69) is 11.6 Å². The summed E-state index contributed by atoms with van der Waals surface area (Å²) in [6, 6.07) is -1.05. The Hall–Kier alpha value is -0.660. The normalized spacial score (nSPS) is 14.4. The van der Waals surface area contributed by atoms with Gasteiger partial charge in [-0.15, -0.1) is 0 Å². The van der Waals surface area contributed by atoms with Crippen molar-refractivity contribution in [3.8, 4) is 0 Å². The number of rotatable bonds is 17. The number of sulfonamides is 1. The van der Waals surface area contributed by atoms with Crippen LogP contribution in [0.1, 0.15) is 90.9 Å². The lowest BCUT2D eigenvalue weighted by atomic mass is 10.1. The Morgan fingerprint density at radius 1 is 0.920 bits per heavy atom. The second-order valence-electron chi connectivity index (χ2n) is 6.81. The van der Waals surface area contributed by atoms with E-state index >= 15 is 0 Å². The molecule has 0 aromatic carbocycles. The van der Waals surface area contributed by atoms with Gasteiger partial charge in [0.05, 0.1) is 5.25 Å². The summed E-state index contributed by atoms with van der Waals surface area (Å²) in [6.45, 7) is 4.66. The maximum absolute atomic E-state index is 12.7. The van der Waals surface area contributed by atoms with Crippen LogP contribution in [0.5, 0.6) is 0 Å². The molecule has 0 amide bonds. The Balaban J connectivity index is 4.76. The molecule has 0 rings (SSSR count). The predicted molar refractivity (Wildman–Crippen MR) is 103 cm³/mol. The first-order valence-corrected chi connectivity index (χ1v) is 11.4. The fraction of sp³-hybridized carbons (Fsp3) is 0.944. The van der Waals surface area contributed by atoms with Crippen molar-refractivity contribution in [2.24, 2.45) is 5.73 Å². The van der Waals surface area contributed by atoms with Crippen LogP contribution in [0.25, 0.3) is 0 Å². The molecule has 7 heteroatoms. The van der Waals surface area contributed by atoms with Crippen LogP contribution in [-0.2, 0) is 14.8 Å². The van der Waals surface area contributed by atoms with Crippen LogP contribution >= 0.6 is 0 Å². The maximum Gasteiger partial charge on any atom is 0.321 e. The molecule has 150 valence electrons. The van der Waals surface area contributed by atoms with Crippen molar-refractivity contribution in [2.45, 2.75) is 102 Å². The maximum atomic E-state index is 12.7. The zero-order chi connectivity index (χ0) is 19.1. The molecule has 0 radical (unpaired) electrons. The molecule has 0 fully saturated rings. The Labute approximate surface area is 154 Å². The number of nitrogens with one attached hydrogen (secondary N) is 1. The summed E-state index contributed by atoms with van der Waals surface area (Å²) in [5.41, 5.74) is 5.42. The van der Waals surface area contributed by atoms with Crippen molar-refractivity contribution in [2.75, 3.05) is 6.54 Å². The number of unbranched alkanes of at least 4 members (excludes halogenated alkanes) is 6. The average Bonchev–Trinajstić information content (AvgIpc) is 2.56. The topological polar surface area (TPSA) is 109 Å². The number of aliphatic carboxylic acids is 1. The lowest BCUT2D eigenvalue weighted by Gasteiger charge is -2.21. The van der Waals surface area contributed by atoms with Crippen molar-refractivity contribution in [3.05, 3.63) is 0 Å². The fourth-order valence-electron chi connectivity index (χ4n) is 2.88. The highest BCUT2D eigenvalue weighted by atomic mass is 32.2. The van der Waals surface area contributed by atoms with Gasteiger partial charge >= 0.3 is 5.97 Å². The molecule has 0 aliphatic heterocycles. The van der Waals surface area contributed by atoms with Crippen LogP contribution < -0.4 is 10.5 Å². The third kappa shape index (κ3) is 11.5. The summed E-state index contributed by atoms with van der Waals surface area (Å²) in [5.74, 6) is -1.11. The Morgan fingerprint density at radius 2 is 1.48 bits per heavy atom. The first-order valence-electron chi connectivity index (χ1n) is 9.83. The molecule has 2 atom stereocenters. The van der Waals surface area contributed by atoms with E-state index in [0.29, 0.717) is 32.2 Å². The molecule has 0 bridgehead atoms. The van der Waals surface area contributed by atoms with E-state index in [4.69, 9.17) is 5.73 Å². The zero-order valence-corrected chi connectivity index (χ0v) is 16.8. The highest BCUT2D eigenvalue weighted by Crippen LogP contribution is 2.19. The van der Waals surface area contributed by atoms with Crippen molar-refractivity contribution < 1.29 is 18.3 Å². The third-order valence-electron chi connectivity index (χ3n) is 4.50. The smallest absolute Gasteiger partial charge is 0.321 e. The van der Waals surface area contributed by atoms with E-state index in [1.165, 1.54) is 6.42 Å². The van der Waals surface area contributed by atoms with E-state index in [-0.39, 0.29) is 6.42 Å². The third-order valence-corrected chi connectivity index (χ3v) is 6.46. The van der Waals surface area contributed by atoms with Crippen LogP contribution in [0.2, 0.25) is 0 Å². The molecule has 0 saturated heterocycles. The number of hydrogen-bond acceptors (Lipinski definition) is 4. The van der Waals surface area contributed by atoms with E-state index in [1.807, 2.05) is 6.92 Å². The molecular formula is C18H38N2O4S. The number of carboxylic acid groups (broad SMARTS) is 1. The number of nitrogens with two attached hydrogens (primary N) is 1. The average molecular weight is 379 g/mol. The molecule has 0 aliphatic carbocycles. The van der Waals surface area contributed by atoms with Crippen molar-refractivity contribution >= 4 is 16.0 Å². The lowest BCUT2D eigenvalue weighted by molar-refractivity contribution is -0.139. The molecule has 0 heterocycles. The van der Waals surface area contributed by atoms with Gasteiger partial charge in [0.15, 0.2) is 0 Å². The summed E-state index contributed by atoms with van der Waals surface area (Å²) in [6.07, 6.45) is 9.91. The first kappa shape index (κ1) is 24.3. The van der Waals surface area contributed by atoms with Crippen molar-refractivity contribution in [3.63, 3.8) is 0 Å². The minimum atomic E-state index is -3.63. The molecule has 2 unspecified atom stereocenters. The summed E-state index contributed by atoms with van der Waals surface area (Å²) >= 11 is 0. The highest BCUT2D eigenvalue weighted by Gasteiger charge is 2.30. The van der Waals surface area contributed by atoms with Gasteiger partial charge in [-0.05, 0) is 32.2 Å². The van der Waals surface area contributed by atoms with Gasteiger partial charge in [-0.1, -0.05) is 65.2 Å². The van der Waals surface area contributed by atoms with Gasteiger partial charge in [-0.3, -0.25) is 4.79 Å². The molecule has 0 aromatic heterocycles. The van der Waals surface area contributed by atoms with Gasteiger partial charge in [-0.2, -0.15) is 0 Å². The molecule has 0 aliphatic rings.